The molecule has 0 fully saturated rings. The van der Waals surface area contributed by atoms with E-state index in [1.807, 2.05) is 0 Å². The van der Waals surface area contributed by atoms with Crippen molar-refractivity contribution in [3.63, 3.8) is 0 Å². The Hall–Kier alpha value is -6.06. The average Bonchev–Trinajstić information content (AvgIpc) is 2.97. The molecule has 0 saturated carbocycles. The number of para-hydroxylation sites is 2. The molecule has 0 aliphatic heterocycles. The number of ether oxygens (including phenoxy) is 2. The van der Waals surface area contributed by atoms with Gasteiger partial charge in [0.05, 0.1) is 22.3 Å². The normalized spacial score (nSPS) is 11.9. The van der Waals surface area contributed by atoms with Crippen molar-refractivity contribution in [3.05, 3.63) is 118 Å². The van der Waals surface area contributed by atoms with Crippen LogP contribution in [0.15, 0.2) is 84.9 Å². The van der Waals surface area contributed by atoms with Gasteiger partial charge in [0.1, 0.15) is 23.0 Å². The molecule has 0 aliphatic rings. The lowest BCUT2D eigenvalue weighted by Crippen LogP contribution is -2.55. The van der Waals surface area contributed by atoms with E-state index in [0.717, 1.165) is 60.7 Å². The van der Waals surface area contributed by atoms with Crippen molar-refractivity contribution in [1.29, 1.82) is 0 Å². The molecule has 4 rings (SSSR count). The maximum Gasteiger partial charge on any atom is 0.411 e. The summed E-state index contributed by atoms with van der Waals surface area (Å²) in [6.45, 7) is 0. The van der Waals surface area contributed by atoms with E-state index < -0.39 is 98.0 Å². The molecule has 16 heteroatoms. The molecule has 0 radical (unpaired) electrons. The van der Waals surface area contributed by atoms with E-state index in [1.54, 1.807) is 0 Å². The largest absolute Gasteiger partial charge is 0.478 e. The van der Waals surface area contributed by atoms with E-state index in [9.17, 15) is 39.6 Å². The van der Waals surface area contributed by atoms with Crippen LogP contribution in [0.2, 0.25) is 0 Å². The fourth-order valence-electron chi connectivity index (χ4n) is 4.80. The summed E-state index contributed by atoms with van der Waals surface area (Å²) in [6.07, 6.45) is -12.4. The Morgan fingerprint density at radius 3 is 1.09 bits per heavy atom. The lowest BCUT2D eigenvalue weighted by molar-refractivity contribution is -0.289. The maximum absolute atomic E-state index is 15.2. The molecule has 0 spiro atoms. The molecule has 0 atom stereocenters. The molecular formula is C31H18F6O10. The zero-order valence-corrected chi connectivity index (χ0v) is 23.1. The quantitative estimate of drug-likeness (QED) is 0.125. The number of aromatic carboxylic acids is 4. The molecule has 10 nitrogen and oxygen atoms in total. The van der Waals surface area contributed by atoms with Crippen molar-refractivity contribution < 1.29 is 75.4 Å². The number of hydrogen-bond acceptors (Lipinski definition) is 6. The molecule has 0 saturated heterocycles. The number of carbonyl (C=O) groups is 4. The first-order chi connectivity index (χ1) is 21.9. The Kier molecular flexibility index (Phi) is 8.91. The number of benzene rings is 4. The molecule has 4 N–H and O–H groups in total. The standard InChI is InChI=1S/C31H18F6O10/c32-30(33,34)29(31(35,36)37,21-5-1-3-7-23(21)46-15-9-11-17(25(38)39)19(13-15)27(42)43)22-6-2-4-8-24(22)47-16-10-12-18(26(40)41)20(14-16)28(44)45/h1-14H,(H,38,39)(H,40,41)(H,42,43)(H,44,45). The Balaban J connectivity index is 1.97. The van der Waals surface area contributed by atoms with Gasteiger partial charge < -0.3 is 29.9 Å². The Morgan fingerprint density at radius 2 is 0.787 bits per heavy atom. The SMILES string of the molecule is O=C(O)c1ccc(Oc2ccccc2C(c2ccccc2Oc2ccc(C(=O)O)c(C(=O)O)c2)(C(F)(F)F)C(F)(F)F)cc1C(=O)O. The van der Waals surface area contributed by atoms with E-state index in [0.29, 0.717) is 24.3 Å². The number of hydrogen-bond donors (Lipinski definition) is 4. The van der Waals surface area contributed by atoms with Gasteiger partial charge >= 0.3 is 36.2 Å². The predicted octanol–water partition coefficient (Wildman–Crippen LogP) is 7.47. The topological polar surface area (TPSA) is 168 Å². The molecule has 0 aliphatic carbocycles. The first-order valence-electron chi connectivity index (χ1n) is 12.8. The van der Waals surface area contributed by atoms with Crippen LogP contribution in [0.3, 0.4) is 0 Å². The van der Waals surface area contributed by atoms with Gasteiger partial charge in [-0.15, -0.1) is 0 Å². The minimum absolute atomic E-state index is 0.473. The zero-order valence-electron chi connectivity index (χ0n) is 23.1. The molecule has 244 valence electrons. The van der Waals surface area contributed by atoms with E-state index in [1.165, 1.54) is 0 Å². The summed E-state index contributed by atoms with van der Waals surface area (Å²) >= 11 is 0. The van der Waals surface area contributed by atoms with Gasteiger partial charge in [0.2, 0.25) is 5.41 Å². The van der Waals surface area contributed by atoms with Crippen LogP contribution in [0.5, 0.6) is 23.0 Å². The number of carboxylic acid groups (broad SMARTS) is 4. The minimum atomic E-state index is -6.19. The first-order valence-corrected chi connectivity index (χ1v) is 12.8. The van der Waals surface area contributed by atoms with Gasteiger partial charge in [-0.25, -0.2) is 19.2 Å². The van der Waals surface area contributed by atoms with E-state index >= 15 is 26.3 Å². The van der Waals surface area contributed by atoms with E-state index in [-0.39, 0.29) is 0 Å². The summed E-state index contributed by atoms with van der Waals surface area (Å²) in [5, 5.41) is 37.3. The second-order valence-electron chi connectivity index (χ2n) is 9.58. The molecule has 4 aromatic carbocycles. The fraction of sp³-hybridized carbons (Fsp3) is 0.0968. The molecule has 0 aromatic heterocycles. The molecule has 0 bridgehead atoms. The number of alkyl halides is 6. The monoisotopic (exact) mass is 664 g/mol. The molecular weight excluding hydrogens is 646 g/mol. The van der Waals surface area contributed by atoms with Gasteiger partial charge in [0, 0.05) is 11.1 Å². The minimum Gasteiger partial charge on any atom is -0.478 e. The van der Waals surface area contributed by atoms with Crippen LogP contribution in [-0.4, -0.2) is 56.7 Å². The van der Waals surface area contributed by atoms with Crippen LogP contribution in [-0.2, 0) is 5.41 Å². The summed E-state index contributed by atoms with van der Waals surface area (Å²) in [5.74, 6) is -10.2. The Morgan fingerprint density at radius 1 is 0.468 bits per heavy atom. The molecule has 0 amide bonds. The second kappa shape index (κ2) is 12.4. The van der Waals surface area contributed by atoms with Crippen molar-refractivity contribution in [3.8, 4) is 23.0 Å². The van der Waals surface area contributed by atoms with Crippen LogP contribution in [0.25, 0.3) is 0 Å². The molecule has 0 unspecified atom stereocenters. The van der Waals surface area contributed by atoms with Crippen LogP contribution in [0.1, 0.15) is 52.6 Å². The number of carboxylic acids is 4. The third-order valence-corrected chi connectivity index (χ3v) is 6.79. The lowest BCUT2D eigenvalue weighted by Gasteiger charge is -2.39. The summed E-state index contributed by atoms with van der Waals surface area (Å²) in [4.78, 5) is 46.0. The van der Waals surface area contributed by atoms with Gasteiger partial charge in [-0.05, 0) is 48.5 Å². The van der Waals surface area contributed by atoms with Gasteiger partial charge in [-0.2, -0.15) is 26.3 Å². The average molecular weight is 664 g/mol. The van der Waals surface area contributed by atoms with Crippen LogP contribution in [0, 0.1) is 0 Å². The van der Waals surface area contributed by atoms with Crippen molar-refractivity contribution in [2.75, 3.05) is 0 Å². The van der Waals surface area contributed by atoms with Gasteiger partial charge in [0.15, 0.2) is 0 Å². The van der Waals surface area contributed by atoms with E-state index in [2.05, 4.69) is 0 Å². The zero-order chi connectivity index (χ0) is 34.9. The third-order valence-electron chi connectivity index (χ3n) is 6.79. The highest BCUT2D eigenvalue weighted by molar-refractivity contribution is 6.02. The highest BCUT2D eigenvalue weighted by Gasteiger charge is 2.74. The highest BCUT2D eigenvalue weighted by Crippen LogP contribution is 2.60. The number of halogens is 6. The van der Waals surface area contributed by atoms with Crippen molar-refractivity contribution >= 4 is 23.9 Å². The van der Waals surface area contributed by atoms with Crippen LogP contribution < -0.4 is 9.47 Å². The van der Waals surface area contributed by atoms with Crippen LogP contribution >= 0.6 is 0 Å². The fourth-order valence-corrected chi connectivity index (χ4v) is 4.80. The Bertz CT molecular complexity index is 1760. The smallest absolute Gasteiger partial charge is 0.411 e. The molecule has 4 aromatic rings. The number of rotatable bonds is 10. The second-order valence-corrected chi connectivity index (χ2v) is 9.58. The third kappa shape index (κ3) is 6.25. The molecule has 0 heterocycles. The summed E-state index contributed by atoms with van der Waals surface area (Å²) in [5.41, 5.74) is -11.2. The van der Waals surface area contributed by atoms with Crippen molar-refractivity contribution in [2.45, 2.75) is 17.8 Å². The predicted molar refractivity (Wildman–Crippen MR) is 147 cm³/mol. The van der Waals surface area contributed by atoms with E-state index in [4.69, 9.17) is 9.47 Å². The summed E-state index contributed by atoms with van der Waals surface area (Å²) < 4.78 is 102. The Labute approximate surface area is 258 Å². The highest BCUT2D eigenvalue weighted by atomic mass is 19.4. The van der Waals surface area contributed by atoms with Gasteiger partial charge in [0.25, 0.3) is 0 Å². The summed E-state index contributed by atoms with van der Waals surface area (Å²) in [7, 11) is 0. The van der Waals surface area contributed by atoms with Gasteiger partial charge in [-0.3, -0.25) is 0 Å². The maximum atomic E-state index is 15.2. The van der Waals surface area contributed by atoms with Gasteiger partial charge in [-0.1, -0.05) is 36.4 Å². The summed E-state index contributed by atoms with van der Waals surface area (Å²) in [6, 6.07) is 10.6. The van der Waals surface area contributed by atoms with Crippen molar-refractivity contribution in [1.82, 2.24) is 0 Å². The van der Waals surface area contributed by atoms with Crippen LogP contribution in [0.4, 0.5) is 26.3 Å². The lowest BCUT2D eigenvalue weighted by atomic mass is 9.72. The molecule has 47 heavy (non-hydrogen) atoms. The van der Waals surface area contributed by atoms with Crippen molar-refractivity contribution in [2.24, 2.45) is 0 Å². The first kappa shape index (κ1) is 33.8.